The minimum atomic E-state index is -0.443. The molecule has 1 atom stereocenters. The molecule has 0 aliphatic rings. The van der Waals surface area contributed by atoms with Crippen LogP contribution in [0.5, 0.6) is 0 Å². The molecule has 0 aliphatic heterocycles. The van der Waals surface area contributed by atoms with Crippen LogP contribution in [0.25, 0.3) is 0 Å². The fraction of sp³-hybridized carbons (Fsp3) is 0.545. The SMILES string of the molecule is COC(=O)C(C)Nc1cc(Br)nc(C(C)C)n1. The van der Waals surface area contributed by atoms with Gasteiger partial charge in [-0.25, -0.2) is 14.8 Å². The zero-order valence-corrected chi connectivity index (χ0v) is 11.9. The summed E-state index contributed by atoms with van der Waals surface area (Å²) < 4.78 is 5.33. The number of nitrogens with one attached hydrogen (secondary N) is 1. The Kier molecular flexibility index (Phi) is 4.86. The first kappa shape index (κ1) is 13.9. The van der Waals surface area contributed by atoms with Gasteiger partial charge in [-0.2, -0.15) is 0 Å². The van der Waals surface area contributed by atoms with Gasteiger partial charge in [0.05, 0.1) is 7.11 Å². The van der Waals surface area contributed by atoms with Gasteiger partial charge in [-0.15, -0.1) is 0 Å². The van der Waals surface area contributed by atoms with Crippen LogP contribution in [0.1, 0.15) is 32.5 Å². The fourth-order valence-corrected chi connectivity index (χ4v) is 1.62. The maximum atomic E-state index is 11.3. The van der Waals surface area contributed by atoms with Crippen LogP contribution < -0.4 is 5.32 Å². The molecule has 0 fully saturated rings. The van der Waals surface area contributed by atoms with E-state index in [-0.39, 0.29) is 11.9 Å². The highest BCUT2D eigenvalue weighted by atomic mass is 79.9. The molecule has 0 saturated carbocycles. The van der Waals surface area contributed by atoms with Crippen molar-refractivity contribution in [3.05, 3.63) is 16.5 Å². The van der Waals surface area contributed by atoms with Crippen LogP contribution in [0.4, 0.5) is 5.82 Å². The molecule has 1 unspecified atom stereocenters. The number of rotatable bonds is 4. The maximum absolute atomic E-state index is 11.3. The Morgan fingerprint density at radius 2 is 2.06 bits per heavy atom. The highest BCUT2D eigenvalue weighted by Crippen LogP contribution is 2.18. The van der Waals surface area contributed by atoms with Gasteiger partial charge in [0.25, 0.3) is 0 Å². The Morgan fingerprint density at radius 1 is 1.41 bits per heavy atom. The number of carbonyl (C=O) groups is 1. The molecule has 0 saturated heterocycles. The van der Waals surface area contributed by atoms with E-state index in [1.807, 2.05) is 13.8 Å². The normalized spacial score (nSPS) is 12.4. The second-order valence-corrected chi connectivity index (χ2v) is 4.79. The predicted molar refractivity (Wildman–Crippen MR) is 68.9 cm³/mol. The number of ether oxygens (including phenoxy) is 1. The molecule has 17 heavy (non-hydrogen) atoms. The summed E-state index contributed by atoms with van der Waals surface area (Å²) in [6, 6.07) is 1.28. The Balaban J connectivity index is 2.87. The van der Waals surface area contributed by atoms with Gasteiger partial charge < -0.3 is 10.1 Å². The van der Waals surface area contributed by atoms with E-state index in [9.17, 15) is 4.79 Å². The maximum Gasteiger partial charge on any atom is 0.328 e. The third-order valence-corrected chi connectivity index (χ3v) is 2.55. The van der Waals surface area contributed by atoms with Crippen LogP contribution in [0.2, 0.25) is 0 Å². The second kappa shape index (κ2) is 5.95. The van der Waals surface area contributed by atoms with Gasteiger partial charge in [-0.1, -0.05) is 13.8 Å². The molecule has 0 amide bonds. The molecule has 5 nitrogen and oxygen atoms in total. The van der Waals surface area contributed by atoms with E-state index in [0.717, 1.165) is 5.82 Å². The van der Waals surface area contributed by atoms with Gasteiger partial charge in [0.1, 0.15) is 22.3 Å². The number of hydrogen-bond donors (Lipinski definition) is 1. The lowest BCUT2D eigenvalue weighted by Crippen LogP contribution is -2.27. The molecular formula is C11H16BrN3O2. The van der Waals surface area contributed by atoms with Gasteiger partial charge in [-0.3, -0.25) is 0 Å². The van der Waals surface area contributed by atoms with E-state index < -0.39 is 6.04 Å². The second-order valence-electron chi connectivity index (χ2n) is 3.98. The topological polar surface area (TPSA) is 64.1 Å². The number of hydrogen-bond acceptors (Lipinski definition) is 5. The van der Waals surface area contributed by atoms with E-state index in [1.54, 1.807) is 13.0 Å². The highest BCUT2D eigenvalue weighted by molar-refractivity contribution is 9.10. The van der Waals surface area contributed by atoms with Gasteiger partial charge >= 0.3 is 5.97 Å². The first-order chi connectivity index (χ1) is 7.93. The first-order valence-electron chi connectivity index (χ1n) is 5.33. The van der Waals surface area contributed by atoms with Crippen LogP contribution in [-0.2, 0) is 9.53 Å². The van der Waals surface area contributed by atoms with Crippen molar-refractivity contribution in [2.75, 3.05) is 12.4 Å². The Hall–Kier alpha value is -1.17. The predicted octanol–water partition coefficient (Wildman–Crippen LogP) is 2.34. The molecule has 0 aliphatic carbocycles. The average Bonchev–Trinajstić information content (AvgIpc) is 2.26. The van der Waals surface area contributed by atoms with E-state index >= 15 is 0 Å². The van der Waals surface area contributed by atoms with Crippen LogP contribution in [0.15, 0.2) is 10.7 Å². The number of esters is 1. The lowest BCUT2D eigenvalue weighted by Gasteiger charge is -2.13. The third-order valence-electron chi connectivity index (χ3n) is 2.15. The summed E-state index contributed by atoms with van der Waals surface area (Å²) in [6.45, 7) is 5.74. The number of nitrogens with zero attached hydrogens (tertiary/aromatic N) is 2. The van der Waals surface area contributed by atoms with E-state index in [1.165, 1.54) is 7.11 Å². The molecule has 0 aromatic carbocycles. The fourth-order valence-electron chi connectivity index (χ4n) is 1.22. The molecule has 6 heteroatoms. The summed E-state index contributed by atoms with van der Waals surface area (Å²) in [5.74, 6) is 1.22. The molecule has 0 bridgehead atoms. The monoisotopic (exact) mass is 301 g/mol. The minimum Gasteiger partial charge on any atom is -0.467 e. The molecule has 1 aromatic rings. The van der Waals surface area contributed by atoms with E-state index in [0.29, 0.717) is 10.4 Å². The zero-order chi connectivity index (χ0) is 13.0. The molecule has 1 aromatic heterocycles. The largest absolute Gasteiger partial charge is 0.467 e. The summed E-state index contributed by atoms with van der Waals surface area (Å²) in [6.07, 6.45) is 0. The molecule has 1 N–H and O–H groups in total. The van der Waals surface area contributed by atoms with Crippen LogP contribution in [0.3, 0.4) is 0 Å². The third kappa shape index (κ3) is 3.96. The number of aromatic nitrogens is 2. The summed E-state index contributed by atoms with van der Waals surface area (Å²) in [4.78, 5) is 19.9. The van der Waals surface area contributed by atoms with Gasteiger partial charge in [0, 0.05) is 12.0 Å². The Bertz CT molecular complexity index is 410. The van der Waals surface area contributed by atoms with Crippen LogP contribution >= 0.6 is 15.9 Å². The zero-order valence-electron chi connectivity index (χ0n) is 10.3. The van der Waals surface area contributed by atoms with Crippen LogP contribution in [0, 0.1) is 0 Å². The van der Waals surface area contributed by atoms with Crippen molar-refractivity contribution >= 4 is 27.7 Å². The van der Waals surface area contributed by atoms with Gasteiger partial charge in [0.15, 0.2) is 0 Å². The average molecular weight is 302 g/mol. The summed E-state index contributed by atoms with van der Waals surface area (Å²) in [5.41, 5.74) is 0. The smallest absolute Gasteiger partial charge is 0.328 e. The highest BCUT2D eigenvalue weighted by Gasteiger charge is 2.14. The number of carbonyl (C=O) groups excluding carboxylic acids is 1. The Morgan fingerprint density at radius 3 is 2.59 bits per heavy atom. The number of methoxy groups -OCH3 is 1. The summed E-state index contributed by atoms with van der Waals surface area (Å²) in [5, 5.41) is 2.97. The summed E-state index contributed by atoms with van der Waals surface area (Å²) in [7, 11) is 1.36. The quantitative estimate of drug-likeness (QED) is 0.683. The van der Waals surface area contributed by atoms with Crippen LogP contribution in [-0.4, -0.2) is 29.1 Å². The molecule has 94 valence electrons. The lowest BCUT2D eigenvalue weighted by atomic mass is 10.2. The van der Waals surface area contributed by atoms with E-state index in [4.69, 9.17) is 0 Å². The molecule has 1 heterocycles. The minimum absolute atomic E-state index is 0.224. The van der Waals surface area contributed by atoms with Gasteiger partial charge in [-0.05, 0) is 22.9 Å². The molecule has 1 rings (SSSR count). The van der Waals surface area contributed by atoms with E-state index in [2.05, 4.69) is 36.0 Å². The van der Waals surface area contributed by atoms with Crippen molar-refractivity contribution in [3.8, 4) is 0 Å². The van der Waals surface area contributed by atoms with Crippen molar-refractivity contribution in [1.29, 1.82) is 0 Å². The molecule has 0 radical (unpaired) electrons. The number of halogens is 1. The first-order valence-corrected chi connectivity index (χ1v) is 6.12. The van der Waals surface area contributed by atoms with Crippen molar-refractivity contribution in [3.63, 3.8) is 0 Å². The standard InChI is InChI=1S/C11H16BrN3O2/c1-6(2)10-14-8(12)5-9(15-10)13-7(3)11(16)17-4/h5-7H,1-4H3,(H,13,14,15). The van der Waals surface area contributed by atoms with Crippen molar-refractivity contribution in [2.45, 2.75) is 32.7 Å². The Labute approximate surface area is 109 Å². The molecule has 0 spiro atoms. The van der Waals surface area contributed by atoms with Crippen molar-refractivity contribution < 1.29 is 9.53 Å². The lowest BCUT2D eigenvalue weighted by molar-refractivity contribution is -0.141. The molecular weight excluding hydrogens is 286 g/mol. The van der Waals surface area contributed by atoms with Crippen molar-refractivity contribution in [1.82, 2.24) is 9.97 Å². The number of anilines is 1. The van der Waals surface area contributed by atoms with Crippen molar-refractivity contribution in [2.24, 2.45) is 0 Å². The summed E-state index contributed by atoms with van der Waals surface area (Å²) >= 11 is 3.32. The van der Waals surface area contributed by atoms with Gasteiger partial charge in [0.2, 0.25) is 0 Å².